The summed E-state index contributed by atoms with van der Waals surface area (Å²) >= 11 is 0. The summed E-state index contributed by atoms with van der Waals surface area (Å²) in [6.07, 6.45) is 5.37. The number of aromatic nitrogens is 1. The second kappa shape index (κ2) is 5.87. The molecule has 1 aliphatic rings. The molecule has 2 N–H and O–H groups in total. The molecular formula is C13H21N3O. The largest absolute Gasteiger partial charge is 0.493 e. The van der Waals surface area contributed by atoms with E-state index >= 15 is 0 Å². The molecule has 0 radical (unpaired) electrons. The second-order valence-corrected chi connectivity index (χ2v) is 4.55. The molecule has 2 rings (SSSR count). The molecule has 4 nitrogen and oxygen atoms in total. The van der Waals surface area contributed by atoms with E-state index in [2.05, 4.69) is 21.7 Å². The smallest absolute Gasteiger partial charge is 0.160 e. The number of aryl methyl sites for hydroxylation is 1. The fourth-order valence-electron chi connectivity index (χ4n) is 2.21. The number of hydrogen-bond acceptors (Lipinski definition) is 4. The Labute approximate surface area is 103 Å². The van der Waals surface area contributed by atoms with E-state index in [0.717, 1.165) is 36.6 Å². The molecule has 0 bridgehead atoms. The highest BCUT2D eigenvalue weighted by Gasteiger charge is 2.13. The topological polar surface area (TPSA) is 46.2 Å². The van der Waals surface area contributed by atoms with Crippen LogP contribution in [0.2, 0.25) is 0 Å². The number of hydrogen-bond donors (Lipinski definition) is 2. The Morgan fingerprint density at radius 3 is 3.12 bits per heavy atom. The van der Waals surface area contributed by atoms with Crippen molar-refractivity contribution in [3.8, 4) is 5.75 Å². The van der Waals surface area contributed by atoms with Gasteiger partial charge in [0.1, 0.15) is 0 Å². The van der Waals surface area contributed by atoms with Gasteiger partial charge in [0.2, 0.25) is 0 Å². The zero-order valence-electron chi connectivity index (χ0n) is 10.6. The van der Waals surface area contributed by atoms with Crippen molar-refractivity contribution in [2.24, 2.45) is 0 Å². The van der Waals surface area contributed by atoms with Crippen molar-refractivity contribution < 1.29 is 4.74 Å². The highest BCUT2D eigenvalue weighted by molar-refractivity contribution is 5.56. The van der Waals surface area contributed by atoms with E-state index < -0.39 is 0 Å². The minimum atomic E-state index is 0.528. The van der Waals surface area contributed by atoms with Crippen molar-refractivity contribution in [1.29, 1.82) is 0 Å². The highest BCUT2D eigenvalue weighted by Crippen LogP contribution is 2.25. The van der Waals surface area contributed by atoms with Crippen molar-refractivity contribution in [3.63, 3.8) is 0 Å². The van der Waals surface area contributed by atoms with E-state index in [-0.39, 0.29) is 0 Å². The lowest BCUT2D eigenvalue weighted by atomic mass is 10.1. The number of ether oxygens (including phenoxy) is 1. The minimum absolute atomic E-state index is 0.528. The Morgan fingerprint density at radius 1 is 1.41 bits per heavy atom. The molecule has 1 aliphatic heterocycles. The lowest BCUT2D eigenvalue weighted by Crippen LogP contribution is -2.21. The molecule has 1 saturated heterocycles. The van der Waals surface area contributed by atoms with Gasteiger partial charge in [-0.3, -0.25) is 4.98 Å². The molecule has 0 amide bonds. The third-order valence-corrected chi connectivity index (χ3v) is 3.16. The first kappa shape index (κ1) is 12.2. The molecule has 1 aromatic rings. The molecule has 1 unspecified atom stereocenters. The number of rotatable bonds is 3. The van der Waals surface area contributed by atoms with E-state index in [1.54, 1.807) is 13.3 Å². The molecular weight excluding hydrogens is 214 g/mol. The van der Waals surface area contributed by atoms with Crippen molar-refractivity contribution >= 4 is 5.69 Å². The SMILES string of the molecule is COc1cnc(C)cc1NC1CCCNCC1. The van der Waals surface area contributed by atoms with Gasteiger partial charge in [0.05, 0.1) is 19.0 Å². The van der Waals surface area contributed by atoms with Gasteiger partial charge in [-0.05, 0) is 45.3 Å². The maximum absolute atomic E-state index is 5.33. The lowest BCUT2D eigenvalue weighted by molar-refractivity contribution is 0.413. The fraction of sp³-hybridized carbons (Fsp3) is 0.615. The molecule has 0 aromatic carbocycles. The second-order valence-electron chi connectivity index (χ2n) is 4.55. The average molecular weight is 235 g/mol. The molecule has 0 saturated carbocycles. The molecule has 0 spiro atoms. The third kappa shape index (κ3) is 3.33. The maximum Gasteiger partial charge on any atom is 0.160 e. The van der Waals surface area contributed by atoms with Gasteiger partial charge in [-0.25, -0.2) is 0 Å². The number of pyridine rings is 1. The third-order valence-electron chi connectivity index (χ3n) is 3.16. The van der Waals surface area contributed by atoms with Gasteiger partial charge >= 0.3 is 0 Å². The van der Waals surface area contributed by atoms with Gasteiger partial charge in [0.25, 0.3) is 0 Å². The highest BCUT2D eigenvalue weighted by atomic mass is 16.5. The first-order valence-electron chi connectivity index (χ1n) is 6.27. The Hall–Kier alpha value is -1.29. The predicted octanol–water partition coefficient (Wildman–Crippen LogP) is 1.95. The van der Waals surface area contributed by atoms with Gasteiger partial charge in [-0.15, -0.1) is 0 Å². The molecule has 4 heteroatoms. The van der Waals surface area contributed by atoms with E-state index in [1.807, 2.05) is 6.92 Å². The summed E-state index contributed by atoms with van der Waals surface area (Å²) in [6.45, 7) is 4.22. The van der Waals surface area contributed by atoms with Crippen LogP contribution in [0.15, 0.2) is 12.3 Å². The van der Waals surface area contributed by atoms with Gasteiger partial charge in [-0.2, -0.15) is 0 Å². The fourth-order valence-corrected chi connectivity index (χ4v) is 2.21. The Bertz CT molecular complexity index is 360. The van der Waals surface area contributed by atoms with Crippen molar-refractivity contribution in [1.82, 2.24) is 10.3 Å². The normalized spacial score (nSPS) is 20.7. The van der Waals surface area contributed by atoms with Crippen molar-refractivity contribution in [2.45, 2.75) is 32.2 Å². The van der Waals surface area contributed by atoms with E-state index in [0.29, 0.717) is 6.04 Å². The maximum atomic E-state index is 5.33. The number of methoxy groups -OCH3 is 1. The molecule has 17 heavy (non-hydrogen) atoms. The first-order valence-corrected chi connectivity index (χ1v) is 6.27. The number of anilines is 1. The van der Waals surface area contributed by atoms with E-state index in [9.17, 15) is 0 Å². The van der Waals surface area contributed by atoms with Crippen LogP contribution in [0.1, 0.15) is 25.0 Å². The molecule has 1 fully saturated rings. The molecule has 1 aromatic heterocycles. The predicted molar refractivity (Wildman–Crippen MR) is 69.7 cm³/mol. The van der Waals surface area contributed by atoms with Crippen LogP contribution < -0.4 is 15.4 Å². The van der Waals surface area contributed by atoms with Crippen LogP contribution in [-0.4, -0.2) is 31.2 Å². The summed E-state index contributed by atoms with van der Waals surface area (Å²) < 4.78 is 5.33. The van der Waals surface area contributed by atoms with E-state index in [4.69, 9.17) is 4.74 Å². The summed E-state index contributed by atoms with van der Waals surface area (Å²) in [4.78, 5) is 4.24. The van der Waals surface area contributed by atoms with Crippen LogP contribution in [-0.2, 0) is 0 Å². The van der Waals surface area contributed by atoms with Gasteiger partial charge in [0.15, 0.2) is 5.75 Å². The van der Waals surface area contributed by atoms with Crippen LogP contribution in [0.5, 0.6) is 5.75 Å². The van der Waals surface area contributed by atoms with Crippen LogP contribution >= 0.6 is 0 Å². The number of nitrogens with one attached hydrogen (secondary N) is 2. The Morgan fingerprint density at radius 2 is 2.29 bits per heavy atom. The average Bonchev–Trinajstić information content (AvgIpc) is 2.58. The van der Waals surface area contributed by atoms with Gasteiger partial charge < -0.3 is 15.4 Å². The Kier molecular flexibility index (Phi) is 4.20. The summed E-state index contributed by atoms with van der Waals surface area (Å²) in [5.74, 6) is 0.827. The van der Waals surface area contributed by atoms with Gasteiger partial charge in [0, 0.05) is 11.7 Å². The summed E-state index contributed by atoms with van der Waals surface area (Å²) in [7, 11) is 1.69. The van der Waals surface area contributed by atoms with Gasteiger partial charge in [-0.1, -0.05) is 0 Å². The lowest BCUT2D eigenvalue weighted by Gasteiger charge is -2.19. The zero-order valence-corrected chi connectivity index (χ0v) is 10.6. The molecule has 2 heterocycles. The summed E-state index contributed by atoms with van der Waals surface area (Å²) in [5.41, 5.74) is 2.08. The molecule has 1 atom stereocenters. The Balaban J connectivity index is 2.07. The number of nitrogens with zero attached hydrogens (tertiary/aromatic N) is 1. The summed E-state index contributed by atoms with van der Waals surface area (Å²) in [6, 6.07) is 2.58. The van der Waals surface area contributed by atoms with Crippen molar-refractivity contribution in [3.05, 3.63) is 18.0 Å². The van der Waals surface area contributed by atoms with Crippen LogP contribution in [0.3, 0.4) is 0 Å². The van der Waals surface area contributed by atoms with Crippen LogP contribution in [0.25, 0.3) is 0 Å². The minimum Gasteiger partial charge on any atom is -0.493 e. The standard InChI is InChI=1S/C13H21N3O/c1-10-8-12(13(17-2)9-15-10)16-11-4-3-6-14-7-5-11/h8-9,11,14H,3-7H2,1-2H3,(H,15,16). The van der Waals surface area contributed by atoms with E-state index in [1.165, 1.54) is 12.8 Å². The quantitative estimate of drug-likeness (QED) is 0.840. The molecule has 0 aliphatic carbocycles. The van der Waals surface area contributed by atoms with Crippen LogP contribution in [0, 0.1) is 6.92 Å². The first-order chi connectivity index (χ1) is 8.29. The summed E-state index contributed by atoms with van der Waals surface area (Å²) in [5, 5.41) is 7.00. The van der Waals surface area contributed by atoms with Crippen molar-refractivity contribution in [2.75, 3.05) is 25.5 Å². The zero-order chi connectivity index (χ0) is 12.1. The van der Waals surface area contributed by atoms with Crippen LogP contribution in [0.4, 0.5) is 5.69 Å². The monoisotopic (exact) mass is 235 g/mol. The molecule has 94 valence electrons.